The van der Waals surface area contributed by atoms with Crippen molar-refractivity contribution in [1.29, 1.82) is 0 Å². The van der Waals surface area contributed by atoms with Crippen molar-refractivity contribution in [3.63, 3.8) is 0 Å². The van der Waals surface area contributed by atoms with Gasteiger partial charge in [-0.25, -0.2) is 4.98 Å². The number of carbonyl (C=O) groups excluding carboxylic acids is 1. The largest absolute Gasteiger partial charge is 0.476 e. The fourth-order valence-electron chi connectivity index (χ4n) is 2.45. The maximum absolute atomic E-state index is 12.3. The van der Waals surface area contributed by atoms with Crippen LogP contribution in [0.2, 0.25) is 0 Å². The van der Waals surface area contributed by atoms with Crippen molar-refractivity contribution in [2.24, 2.45) is 11.7 Å². The van der Waals surface area contributed by atoms with Crippen molar-refractivity contribution in [2.45, 2.75) is 38.6 Å². The van der Waals surface area contributed by atoms with Crippen molar-refractivity contribution < 1.29 is 9.53 Å². The minimum Gasteiger partial charge on any atom is -0.476 e. The molecule has 1 heterocycles. The van der Waals surface area contributed by atoms with Crippen LogP contribution in [0.25, 0.3) is 0 Å². The minimum atomic E-state index is -0.108. The normalized spacial score (nSPS) is 22.8. The zero-order valence-corrected chi connectivity index (χ0v) is 11.3. The molecule has 1 aromatic rings. The van der Waals surface area contributed by atoms with Gasteiger partial charge in [0.05, 0.1) is 12.5 Å². The molecule has 1 aliphatic rings. The predicted octanol–water partition coefficient (Wildman–Crippen LogP) is 1.94. The van der Waals surface area contributed by atoms with Gasteiger partial charge in [-0.05, 0) is 31.9 Å². The van der Waals surface area contributed by atoms with Gasteiger partial charge in [0, 0.05) is 12.2 Å². The molecule has 1 fully saturated rings. The highest BCUT2D eigenvalue weighted by molar-refractivity contribution is 5.94. The van der Waals surface area contributed by atoms with Crippen LogP contribution in [-0.2, 0) is 4.79 Å². The number of nitrogens with one attached hydrogen (secondary N) is 1. The second-order valence-electron chi connectivity index (χ2n) is 4.83. The average molecular weight is 263 g/mol. The smallest absolute Gasteiger partial charge is 0.237 e. The summed E-state index contributed by atoms with van der Waals surface area (Å²) in [6, 6.07) is 3.53. The Hall–Kier alpha value is -1.62. The number of aromatic nitrogens is 1. The number of hydrogen-bond acceptors (Lipinski definition) is 4. The lowest BCUT2D eigenvalue weighted by atomic mass is 9.84. The Morgan fingerprint density at radius 1 is 1.53 bits per heavy atom. The van der Waals surface area contributed by atoms with Gasteiger partial charge in [-0.15, -0.1) is 0 Å². The average Bonchev–Trinajstić information content (AvgIpc) is 2.41. The molecule has 1 saturated carbocycles. The van der Waals surface area contributed by atoms with E-state index >= 15 is 0 Å². The molecule has 0 spiro atoms. The number of anilines is 1. The van der Waals surface area contributed by atoms with Gasteiger partial charge in [0.25, 0.3) is 0 Å². The van der Waals surface area contributed by atoms with E-state index in [1.54, 1.807) is 18.3 Å². The van der Waals surface area contributed by atoms with Crippen LogP contribution >= 0.6 is 0 Å². The van der Waals surface area contributed by atoms with Crippen LogP contribution in [0.15, 0.2) is 18.3 Å². The number of pyridine rings is 1. The Balaban J connectivity index is 2.05. The van der Waals surface area contributed by atoms with E-state index in [0.29, 0.717) is 18.2 Å². The highest BCUT2D eigenvalue weighted by Crippen LogP contribution is 2.26. The molecular formula is C14H21N3O2. The summed E-state index contributed by atoms with van der Waals surface area (Å²) in [6.45, 7) is 2.40. The molecule has 5 nitrogen and oxygen atoms in total. The molecule has 0 saturated heterocycles. The maximum atomic E-state index is 12.3. The molecule has 1 aromatic heterocycles. The van der Waals surface area contributed by atoms with Crippen LogP contribution in [0.4, 0.5) is 5.69 Å². The maximum Gasteiger partial charge on any atom is 0.237 e. The lowest BCUT2D eigenvalue weighted by molar-refractivity contribution is -0.121. The zero-order chi connectivity index (χ0) is 13.7. The van der Waals surface area contributed by atoms with E-state index in [1.807, 2.05) is 6.92 Å². The van der Waals surface area contributed by atoms with E-state index in [2.05, 4.69) is 10.3 Å². The van der Waals surface area contributed by atoms with Crippen molar-refractivity contribution in [2.75, 3.05) is 11.9 Å². The van der Waals surface area contributed by atoms with Crippen molar-refractivity contribution >= 4 is 11.6 Å². The van der Waals surface area contributed by atoms with Crippen LogP contribution in [0.3, 0.4) is 0 Å². The molecule has 0 aliphatic heterocycles. The molecule has 3 N–H and O–H groups in total. The van der Waals surface area contributed by atoms with Gasteiger partial charge < -0.3 is 15.8 Å². The number of carbonyl (C=O) groups is 1. The minimum absolute atomic E-state index is 0.0267. The summed E-state index contributed by atoms with van der Waals surface area (Å²) >= 11 is 0. The Labute approximate surface area is 113 Å². The third-order valence-corrected chi connectivity index (χ3v) is 3.47. The summed E-state index contributed by atoms with van der Waals surface area (Å²) in [5.74, 6) is 0.326. The quantitative estimate of drug-likeness (QED) is 0.870. The molecule has 104 valence electrons. The Morgan fingerprint density at radius 3 is 3.05 bits per heavy atom. The Bertz CT molecular complexity index is 436. The molecule has 2 atom stereocenters. The number of rotatable bonds is 4. The molecule has 19 heavy (non-hydrogen) atoms. The van der Waals surface area contributed by atoms with Gasteiger partial charge >= 0.3 is 0 Å². The third-order valence-electron chi connectivity index (χ3n) is 3.47. The van der Waals surface area contributed by atoms with Crippen molar-refractivity contribution in [3.8, 4) is 5.88 Å². The van der Waals surface area contributed by atoms with Crippen LogP contribution in [0.5, 0.6) is 5.88 Å². The summed E-state index contributed by atoms with van der Waals surface area (Å²) in [4.78, 5) is 16.4. The molecule has 0 radical (unpaired) electrons. The van der Waals surface area contributed by atoms with E-state index in [9.17, 15) is 4.79 Å². The lowest BCUT2D eigenvalue weighted by Gasteiger charge is -2.27. The first-order chi connectivity index (χ1) is 9.22. The second-order valence-corrected chi connectivity index (χ2v) is 4.83. The van der Waals surface area contributed by atoms with Crippen molar-refractivity contribution in [3.05, 3.63) is 18.3 Å². The van der Waals surface area contributed by atoms with Crippen molar-refractivity contribution in [1.82, 2.24) is 4.98 Å². The molecule has 2 rings (SSSR count). The predicted molar refractivity (Wildman–Crippen MR) is 74.0 cm³/mol. The van der Waals surface area contributed by atoms with E-state index in [1.165, 1.54) is 0 Å². The highest BCUT2D eigenvalue weighted by Gasteiger charge is 2.28. The summed E-state index contributed by atoms with van der Waals surface area (Å²) in [5.41, 5.74) is 6.64. The second kappa shape index (κ2) is 6.52. The highest BCUT2D eigenvalue weighted by atomic mass is 16.5. The summed E-state index contributed by atoms with van der Waals surface area (Å²) < 4.78 is 5.39. The summed E-state index contributed by atoms with van der Waals surface area (Å²) in [6.07, 6.45) is 5.60. The standard InChI is InChI=1S/C14H21N3O2/c1-2-19-14-12(8-5-9-16-14)17-13(18)10-6-3-4-7-11(10)15/h5,8-11H,2-4,6-7,15H2,1H3,(H,17,18). The van der Waals surface area contributed by atoms with Gasteiger partial charge in [-0.2, -0.15) is 0 Å². The van der Waals surface area contributed by atoms with Crippen LogP contribution in [-0.4, -0.2) is 23.5 Å². The monoisotopic (exact) mass is 263 g/mol. The van der Waals surface area contributed by atoms with Crippen LogP contribution in [0, 0.1) is 5.92 Å². The van der Waals surface area contributed by atoms with Gasteiger partial charge in [0.1, 0.15) is 5.69 Å². The van der Waals surface area contributed by atoms with E-state index < -0.39 is 0 Å². The Kier molecular flexibility index (Phi) is 4.74. The molecule has 0 bridgehead atoms. The molecule has 1 aliphatic carbocycles. The van der Waals surface area contributed by atoms with Gasteiger partial charge in [-0.1, -0.05) is 12.8 Å². The fraction of sp³-hybridized carbons (Fsp3) is 0.571. The molecule has 0 aromatic carbocycles. The first-order valence-corrected chi connectivity index (χ1v) is 6.86. The fourth-order valence-corrected chi connectivity index (χ4v) is 2.45. The van der Waals surface area contributed by atoms with Gasteiger partial charge in [0.2, 0.25) is 11.8 Å². The number of amides is 1. The topological polar surface area (TPSA) is 77.2 Å². The molecule has 5 heteroatoms. The zero-order valence-electron chi connectivity index (χ0n) is 11.3. The number of nitrogens with two attached hydrogens (primary N) is 1. The Morgan fingerprint density at radius 2 is 2.32 bits per heavy atom. The van der Waals surface area contributed by atoms with Crippen LogP contribution in [0.1, 0.15) is 32.6 Å². The number of nitrogens with zero attached hydrogens (tertiary/aromatic N) is 1. The SMILES string of the molecule is CCOc1ncccc1NC(=O)C1CCCCC1N. The molecular weight excluding hydrogens is 242 g/mol. The molecule has 1 amide bonds. The van der Waals surface area contributed by atoms with Gasteiger partial charge in [-0.3, -0.25) is 4.79 Å². The summed E-state index contributed by atoms with van der Waals surface area (Å²) in [7, 11) is 0. The number of ether oxygens (including phenoxy) is 1. The van der Waals surface area contributed by atoms with E-state index in [-0.39, 0.29) is 17.9 Å². The van der Waals surface area contributed by atoms with Crippen LogP contribution < -0.4 is 15.8 Å². The first-order valence-electron chi connectivity index (χ1n) is 6.86. The van der Waals surface area contributed by atoms with Gasteiger partial charge in [0.15, 0.2) is 0 Å². The first kappa shape index (κ1) is 13.8. The summed E-state index contributed by atoms with van der Waals surface area (Å²) in [5, 5.41) is 2.89. The lowest BCUT2D eigenvalue weighted by Crippen LogP contribution is -2.40. The van der Waals surface area contributed by atoms with E-state index in [4.69, 9.17) is 10.5 Å². The third kappa shape index (κ3) is 3.44. The number of hydrogen-bond donors (Lipinski definition) is 2. The molecule has 2 unspecified atom stereocenters. The van der Waals surface area contributed by atoms with E-state index in [0.717, 1.165) is 25.7 Å².